The maximum Gasteiger partial charge on any atom is 0.345 e. The van der Waals surface area contributed by atoms with Gasteiger partial charge in [-0.25, -0.2) is 4.79 Å². The van der Waals surface area contributed by atoms with Crippen molar-refractivity contribution in [1.29, 1.82) is 0 Å². The van der Waals surface area contributed by atoms with E-state index in [4.69, 9.17) is 27.9 Å². The highest BCUT2D eigenvalue weighted by Crippen LogP contribution is 2.25. The quantitative estimate of drug-likeness (QED) is 0.283. The summed E-state index contributed by atoms with van der Waals surface area (Å²) in [5.41, 5.74) is 4.06. The topological polar surface area (TPSA) is 38.7 Å². The zero-order valence-electron chi connectivity index (χ0n) is 14.9. The van der Waals surface area contributed by atoms with Crippen LogP contribution in [0.15, 0.2) is 65.7 Å². The van der Waals surface area contributed by atoms with Gasteiger partial charge in [-0.05, 0) is 55.8 Å². The Bertz CT molecular complexity index is 1030. The first-order chi connectivity index (χ1) is 12.9. The van der Waals surface area contributed by atoms with Crippen LogP contribution in [0.2, 0.25) is 10.0 Å². The molecular weight excluding hydrogens is 381 g/mol. The van der Waals surface area contributed by atoms with Crippen molar-refractivity contribution in [2.45, 2.75) is 13.8 Å². The molecule has 0 atom stereocenters. The molecule has 0 N–H and O–H groups in total. The minimum atomic E-state index is -0.552. The molecule has 5 heteroatoms. The van der Waals surface area contributed by atoms with E-state index in [2.05, 4.69) is 11.1 Å². The molecule has 0 spiro atoms. The van der Waals surface area contributed by atoms with E-state index in [-0.39, 0.29) is 10.6 Å². The van der Waals surface area contributed by atoms with Crippen LogP contribution < -0.4 is 4.74 Å². The SMILES string of the molecule is Cc1ccc(N=Cc2ccccc2OC(=O)c2ccc(Cl)cc2Cl)c(C)c1. The molecule has 3 aromatic rings. The van der Waals surface area contributed by atoms with E-state index < -0.39 is 5.97 Å². The summed E-state index contributed by atoms with van der Waals surface area (Å²) < 4.78 is 5.53. The van der Waals surface area contributed by atoms with Crippen molar-refractivity contribution in [2.75, 3.05) is 0 Å². The number of carbonyl (C=O) groups is 1. The number of aliphatic imine (C=N–C) groups is 1. The van der Waals surface area contributed by atoms with Gasteiger partial charge in [0.2, 0.25) is 0 Å². The molecule has 0 aliphatic rings. The summed E-state index contributed by atoms with van der Waals surface area (Å²) in [6.45, 7) is 4.05. The van der Waals surface area contributed by atoms with Gasteiger partial charge in [0.05, 0.1) is 16.3 Å². The lowest BCUT2D eigenvalue weighted by molar-refractivity contribution is 0.0734. The van der Waals surface area contributed by atoms with Crippen molar-refractivity contribution in [3.63, 3.8) is 0 Å². The third-order valence-electron chi connectivity index (χ3n) is 3.97. The molecule has 3 aromatic carbocycles. The summed E-state index contributed by atoms with van der Waals surface area (Å²) in [5, 5.41) is 0.700. The molecular formula is C22H17Cl2NO2. The standard InChI is InChI=1S/C22H17Cl2NO2/c1-14-7-10-20(15(2)11-14)25-13-16-5-3-4-6-21(16)27-22(26)18-9-8-17(23)12-19(18)24/h3-13H,1-2H3. The van der Waals surface area contributed by atoms with E-state index in [1.165, 1.54) is 11.6 Å². The van der Waals surface area contributed by atoms with Crippen LogP contribution in [0.3, 0.4) is 0 Å². The van der Waals surface area contributed by atoms with Gasteiger partial charge in [0, 0.05) is 16.8 Å². The van der Waals surface area contributed by atoms with Gasteiger partial charge < -0.3 is 4.74 Å². The Morgan fingerprint density at radius 2 is 1.78 bits per heavy atom. The number of hydrogen-bond acceptors (Lipinski definition) is 3. The summed E-state index contributed by atoms with van der Waals surface area (Å²) in [7, 11) is 0. The monoisotopic (exact) mass is 397 g/mol. The van der Waals surface area contributed by atoms with Crippen molar-refractivity contribution in [2.24, 2.45) is 4.99 Å². The lowest BCUT2D eigenvalue weighted by Gasteiger charge is -2.09. The number of aryl methyl sites for hydroxylation is 2. The Morgan fingerprint density at radius 1 is 1.00 bits per heavy atom. The third-order valence-corrected chi connectivity index (χ3v) is 4.52. The van der Waals surface area contributed by atoms with Crippen LogP contribution in [0.1, 0.15) is 27.0 Å². The number of halogens is 2. The van der Waals surface area contributed by atoms with Gasteiger partial charge in [-0.3, -0.25) is 4.99 Å². The van der Waals surface area contributed by atoms with E-state index in [0.717, 1.165) is 11.3 Å². The Hall–Kier alpha value is -2.62. The molecule has 0 amide bonds. The van der Waals surface area contributed by atoms with Crippen LogP contribution >= 0.6 is 23.2 Å². The Balaban J connectivity index is 1.85. The van der Waals surface area contributed by atoms with Gasteiger partial charge in [-0.15, -0.1) is 0 Å². The van der Waals surface area contributed by atoms with Gasteiger partial charge in [-0.1, -0.05) is 53.0 Å². The number of ether oxygens (including phenoxy) is 1. The van der Waals surface area contributed by atoms with Crippen LogP contribution in [0, 0.1) is 13.8 Å². The van der Waals surface area contributed by atoms with E-state index in [9.17, 15) is 4.79 Å². The predicted molar refractivity (Wildman–Crippen MR) is 111 cm³/mol. The Labute approximate surface area is 168 Å². The molecule has 136 valence electrons. The van der Waals surface area contributed by atoms with Crippen molar-refractivity contribution in [3.8, 4) is 5.75 Å². The van der Waals surface area contributed by atoms with Crippen LogP contribution in [0.4, 0.5) is 5.69 Å². The lowest BCUT2D eigenvalue weighted by atomic mass is 10.1. The van der Waals surface area contributed by atoms with E-state index in [1.807, 2.05) is 38.1 Å². The average Bonchev–Trinajstić information content (AvgIpc) is 2.62. The first kappa shape index (κ1) is 19.2. The first-order valence-corrected chi connectivity index (χ1v) is 9.07. The van der Waals surface area contributed by atoms with E-state index in [0.29, 0.717) is 16.3 Å². The van der Waals surface area contributed by atoms with Gasteiger partial charge in [0.15, 0.2) is 0 Å². The summed E-state index contributed by atoms with van der Waals surface area (Å²) in [5.74, 6) is -0.147. The van der Waals surface area contributed by atoms with Crippen LogP contribution in [-0.4, -0.2) is 12.2 Å². The number of esters is 1. The van der Waals surface area contributed by atoms with Crippen molar-refractivity contribution < 1.29 is 9.53 Å². The Kier molecular flexibility index (Phi) is 5.94. The lowest BCUT2D eigenvalue weighted by Crippen LogP contribution is -2.10. The first-order valence-electron chi connectivity index (χ1n) is 8.31. The van der Waals surface area contributed by atoms with E-state index in [1.54, 1.807) is 30.5 Å². The summed E-state index contributed by atoms with van der Waals surface area (Å²) in [4.78, 5) is 17.0. The molecule has 27 heavy (non-hydrogen) atoms. The normalized spacial score (nSPS) is 11.0. The van der Waals surface area contributed by atoms with Gasteiger partial charge in [0.1, 0.15) is 5.75 Å². The predicted octanol–water partition coefficient (Wildman–Crippen LogP) is 6.58. The second-order valence-corrected chi connectivity index (χ2v) is 6.94. The van der Waals surface area contributed by atoms with Crippen LogP contribution in [0.5, 0.6) is 5.75 Å². The van der Waals surface area contributed by atoms with Crippen molar-refractivity contribution in [3.05, 3.63) is 93.0 Å². The molecule has 0 radical (unpaired) electrons. The van der Waals surface area contributed by atoms with Crippen LogP contribution in [0.25, 0.3) is 0 Å². The number of benzene rings is 3. The minimum Gasteiger partial charge on any atom is -0.422 e. The van der Waals surface area contributed by atoms with Gasteiger partial charge in [0.25, 0.3) is 0 Å². The maximum atomic E-state index is 12.5. The highest BCUT2D eigenvalue weighted by molar-refractivity contribution is 6.36. The number of hydrogen-bond donors (Lipinski definition) is 0. The molecule has 3 rings (SSSR count). The van der Waals surface area contributed by atoms with Crippen molar-refractivity contribution in [1.82, 2.24) is 0 Å². The molecule has 0 aromatic heterocycles. The maximum absolute atomic E-state index is 12.5. The van der Waals surface area contributed by atoms with E-state index >= 15 is 0 Å². The largest absolute Gasteiger partial charge is 0.422 e. The summed E-state index contributed by atoms with van der Waals surface area (Å²) in [6, 6.07) is 17.9. The fourth-order valence-corrected chi connectivity index (χ4v) is 3.06. The van der Waals surface area contributed by atoms with Crippen molar-refractivity contribution >= 4 is 41.1 Å². The molecule has 0 aliphatic heterocycles. The molecule has 0 unspecified atom stereocenters. The second kappa shape index (κ2) is 8.38. The Morgan fingerprint density at radius 3 is 2.52 bits per heavy atom. The molecule has 0 saturated carbocycles. The molecule has 3 nitrogen and oxygen atoms in total. The number of para-hydroxylation sites is 1. The molecule has 0 aliphatic carbocycles. The highest BCUT2D eigenvalue weighted by Gasteiger charge is 2.14. The molecule has 0 fully saturated rings. The third kappa shape index (κ3) is 4.76. The zero-order chi connectivity index (χ0) is 19.4. The summed E-state index contributed by atoms with van der Waals surface area (Å²) >= 11 is 12.0. The molecule has 0 saturated heterocycles. The van der Waals surface area contributed by atoms with Gasteiger partial charge >= 0.3 is 5.97 Å². The average molecular weight is 398 g/mol. The number of nitrogens with zero attached hydrogens (tertiary/aromatic N) is 1. The van der Waals surface area contributed by atoms with Gasteiger partial charge in [-0.2, -0.15) is 0 Å². The highest BCUT2D eigenvalue weighted by atomic mass is 35.5. The zero-order valence-corrected chi connectivity index (χ0v) is 16.4. The fourth-order valence-electron chi connectivity index (χ4n) is 2.58. The molecule has 0 heterocycles. The second-order valence-electron chi connectivity index (χ2n) is 6.10. The minimum absolute atomic E-state index is 0.244. The number of rotatable bonds is 4. The van der Waals surface area contributed by atoms with Crippen LogP contribution in [-0.2, 0) is 0 Å². The fraction of sp³-hybridized carbons (Fsp3) is 0.0909. The summed E-state index contributed by atoms with van der Waals surface area (Å²) in [6.07, 6.45) is 1.68. The molecule has 0 bridgehead atoms. The number of carbonyl (C=O) groups excluding carboxylic acids is 1. The smallest absolute Gasteiger partial charge is 0.345 e.